The first-order valence-electron chi connectivity index (χ1n) is 8.47. The Labute approximate surface area is 145 Å². The fourth-order valence-corrected chi connectivity index (χ4v) is 2.83. The molecule has 9 nitrogen and oxygen atoms in total. The van der Waals surface area contributed by atoms with Crippen LogP contribution in [0, 0.1) is 6.92 Å². The van der Waals surface area contributed by atoms with Crippen molar-refractivity contribution in [3.63, 3.8) is 0 Å². The molecule has 0 atom stereocenters. The molecular formula is C16H22N6O3. The Morgan fingerprint density at radius 2 is 2.12 bits per heavy atom. The molecule has 2 aromatic heterocycles. The second-order valence-electron chi connectivity index (χ2n) is 6.10. The van der Waals surface area contributed by atoms with E-state index in [0.717, 1.165) is 19.6 Å². The van der Waals surface area contributed by atoms with Gasteiger partial charge in [0, 0.05) is 32.3 Å². The summed E-state index contributed by atoms with van der Waals surface area (Å²) in [6.07, 6.45) is 5.49. The second-order valence-corrected chi connectivity index (χ2v) is 6.10. The van der Waals surface area contributed by atoms with Gasteiger partial charge in [-0.05, 0) is 32.9 Å². The lowest BCUT2D eigenvalue weighted by Crippen LogP contribution is -2.34. The standard InChI is InChI=1S/C16H22N6O3/c1-12-19-15(25-20-12)13-10-17-11-22(16(13)24)8-4-14(23)18-5-9-21-6-2-3-7-21/h10-11H,2-9H2,1H3,(H,18,23). The van der Waals surface area contributed by atoms with Crippen LogP contribution in [0.4, 0.5) is 0 Å². The molecule has 134 valence electrons. The minimum atomic E-state index is -0.302. The monoisotopic (exact) mass is 346 g/mol. The Bertz CT molecular complexity index is 778. The number of hydrogen-bond donors (Lipinski definition) is 1. The maximum atomic E-state index is 12.4. The fourth-order valence-electron chi connectivity index (χ4n) is 2.83. The summed E-state index contributed by atoms with van der Waals surface area (Å²) in [6.45, 7) is 5.65. The normalized spacial score (nSPS) is 14.8. The van der Waals surface area contributed by atoms with Gasteiger partial charge in [0.15, 0.2) is 5.82 Å². The van der Waals surface area contributed by atoms with E-state index in [1.807, 2.05) is 0 Å². The third-order valence-corrected chi connectivity index (χ3v) is 4.19. The number of nitrogens with one attached hydrogen (secondary N) is 1. The van der Waals surface area contributed by atoms with Crippen LogP contribution in [-0.2, 0) is 11.3 Å². The lowest BCUT2D eigenvalue weighted by molar-refractivity contribution is -0.121. The molecule has 1 aliphatic rings. The van der Waals surface area contributed by atoms with Crippen LogP contribution in [-0.4, -0.2) is 56.7 Å². The number of nitrogens with zero attached hydrogens (tertiary/aromatic N) is 5. The van der Waals surface area contributed by atoms with Gasteiger partial charge in [-0.25, -0.2) is 4.98 Å². The third kappa shape index (κ3) is 4.50. The maximum Gasteiger partial charge on any atom is 0.266 e. The summed E-state index contributed by atoms with van der Waals surface area (Å²) >= 11 is 0. The molecular weight excluding hydrogens is 324 g/mol. The maximum absolute atomic E-state index is 12.4. The molecule has 0 bridgehead atoms. The number of hydrogen-bond acceptors (Lipinski definition) is 7. The van der Waals surface area contributed by atoms with Gasteiger partial charge in [0.1, 0.15) is 5.56 Å². The van der Waals surface area contributed by atoms with Crippen molar-refractivity contribution in [1.29, 1.82) is 0 Å². The molecule has 0 aromatic carbocycles. The summed E-state index contributed by atoms with van der Waals surface area (Å²) < 4.78 is 6.40. The molecule has 0 unspecified atom stereocenters. The molecule has 1 N–H and O–H groups in total. The Balaban J connectivity index is 1.52. The van der Waals surface area contributed by atoms with Crippen LogP contribution in [0.25, 0.3) is 11.5 Å². The van der Waals surface area contributed by atoms with E-state index in [1.165, 1.54) is 29.9 Å². The van der Waals surface area contributed by atoms with Crippen molar-refractivity contribution in [3.8, 4) is 11.5 Å². The molecule has 25 heavy (non-hydrogen) atoms. The number of likely N-dealkylation sites (tertiary alicyclic amines) is 1. The number of aromatic nitrogens is 4. The lowest BCUT2D eigenvalue weighted by Gasteiger charge is -2.14. The van der Waals surface area contributed by atoms with Crippen molar-refractivity contribution in [1.82, 2.24) is 29.9 Å². The van der Waals surface area contributed by atoms with Crippen LogP contribution in [0.1, 0.15) is 25.1 Å². The minimum Gasteiger partial charge on any atom is -0.355 e. The quantitative estimate of drug-likeness (QED) is 0.763. The molecule has 9 heteroatoms. The highest BCUT2D eigenvalue weighted by Gasteiger charge is 2.14. The predicted molar refractivity (Wildman–Crippen MR) is 89.8 cm³/mol. The number of aryl methyl sites for hydroxylation is 2. The van der Waals surface area contributed by atoms with E-state index in [4.69, 9.17) is 4.52 Å². The van der Waals surface area contributed by atoms with Crippen LogP contribution >= 0.6 is 0 Å². The van der Waals surface area contributed by atoms with Crippen LogP contribution in [0.3, 0.4) is 0 Å². The minimum absolute atomic E-state index is 0.0786. The summed E-state index contributed by atoms with van der Waals surface area (Å²) in [5, 5.41) is 6.57. The summed E-state index contributed by atoms with van der Waals surface area (Å²) in [5.41, 5.74) is -0.0685. The smallest absolute Gasteiger partial charge is 0.266 e. The van der Waals surface area contributed by atoms with Crippen LogP contribution in [0.15, 0.2) is 21.8 Å². The number of carbonyl (C=O) groups excluding carboxylic acids is 1. The zero-order chi connectivity index (χ0) is 17.6. The first-order valence-corrected chi connectivity index (χ1v) is 8.47. The Morgan fingerprint density at radius 3 is 2.84 bits per heavy atom. The Hall–Kier alpha value is -2.55. The van der Waals surface area contributed by atoms with Crippen molar-refractivity contribution in [2.75, 3.05) is 26.2 Å². The lowest BCUT2D eigenvalue weighted by atomic mass is 10.3. The molecule has 0 spiro atoms. The van der Waals surface area contributed by atoms with Crippen LogP contribution in [0.5, 0.6) is 0 Å². The van der Waals surface area contributed by atoms with Gasteiger partial charge in [-0.2, -0.15) is 4.98 Å². The largest absolute Gasteiger partial charge is 0.355 e. The Kier molecular flexibility index (Phi) is 5.54. The van der Waals surface area contributed by atoms with E-state index in [-0.39, 0.29) is 35.9 Å². The van der Waals surface area contributed by atoms with Gasteiger partial charge in [0.2, 0.25) is 5.91 Å². The van der Waals surface area contributed by atoms with Crippen LogP contribution in [0.2, 0.25) is 0 Å². The van der Waals surface area contributed by atoms with E-state index in [2.05, 4.69) is 25.3 Å². The number of rotatable bonds is 7. The average molecular weight is 346 g/mol. The zero-order valence-electron chi connectivity index (χ0n) is 14.3. The SMILES string of the molecule is Cc1noc(-c2cncn(CCC(=O)NCCN3CCCC3)c2=O)n1. The highest BCUT2D eigenvalue weighted by Crippen LogP contribution is 2.10. The van der Waals surface area contributed by atoms with Crippen molar-refractivity contribution >= 4 is 5.91 Å². The third-order valence-electron chi connectivity index (χ3n) is 4.19. The summed E-state index contributed by atoms with van der Waals surface area (Å²) in [4.78, 5) is 34.8. The predicted octanol–water partition coefficient (Wildman–Crippen LogP) is 0.204. The van der Waals surface area contributed by atoms with Crippen molar-refractivity contribution in [2.45, 2.75) is 32.7 Å². The zero-order valence-corrected chi connectivity index (χ0v) is 14.3. The number of amides is 1. The Morgan fingerprint density at radius 1 is 1.32 bits per heavy atom. The van der Waals surface area contributed by atoms with Gasteiger partial charge in [-0.15, -0.1) is 0 Å². The fraction of sp³-hybridized carbons (Fsp3) is 0.562. The second kappa shape index (κ2) is 8.02. The van der Waals surface area contributed by atoms with E-state index in [1.54, 1.807) is 6.92 Å². The van der Waals surface area contributed by atoms with Gasteiger partial charge in [-0.1, -0.05) is 5.16 Å². The summed E-state index contributed by atoms with van der Waals surface area (Å²) in [7, 11) is 0. The summed E-state index contributed by atoms with van der Waals surface area (Å²) in [6, 6.07) is 0. The van der Waals surface area contributed by atoms with E-state index >= 15 is 0 Å². The molecule has 1 aliphatic heterocycles. The van der Waals surface area contributed by atoms with Gasteiger partial charge in [0.25, 0.3) is 11.4 Å². The molecule has 0 saturated carbocycles. The average Bonchev–Trinajstić information content (AvgIpc) is 3.26. The molecule has 3 heterocycles. The first-order chi connectivity index (χ1) is 12.1. The van der Waals surface area contributed by atoms with Crippen molar-refractivity contribution in [2.24, 2.45) is 0 Å². The van der Waals surface area contributed by atoms with Crippen molar-refractivity contribution in [3.05, 3.63) is 28.7 Å². The molecule has 0 radical (unpaired) electrons. The van der Waals surface area contributed by atoms with Gasteiger partial charge >= 0.3 is 0 Å². The first kappa shape index (κ1) is 17.3. The van der Waals surface area contributed by atoms with Gasteiger partial charge in [-0.3, -0.25) is 14.2 Å². The van der Waals surface area contributed by atoms with E-state index in [0.29, 0.717) is 12.4 Å². The topological polar surface area (TPSA) is 106 Å². The number of carbonyl (C=O) groups is 1. The highest BCUT2D eigenvalue weighted by atomic mass is 16.5. The van der Waals surface area contributed by atoms with Gasteiger partial charge in [0.05, 0.1) is 6.33 Å². The molecule has 1 fully saturated rings. The molecule has 1 saturated heterocycles. The van der Waals surface area contributed by atoms with Gasteiger partial charge < -0.3 is 14.7 Å². The molecule has 1 amide bonds. The van der Waals surface area contributed by atoms with Crippen molar-refractivity contribution < 1.29 is 9.32 Å². The van der Waals surface area contributed by atoms with E-state index in [9.17, 15) is 9.59 Å². The molecule has 2 aromatic rings. The highest BCUT2D eigenvalue weighted by molar-refractivity contribution is 5.75. The molecule has 0 aliphatic carbocycles. The summed E-state index contributed by atoms with van der Waals surface area (Å²) in [5.74, 6) is 0.506. The van der Waals surface area contributed by atoms with Crippen LogP contribution < -0.4 is 10.9 Å². The molecule has 3 rings (SSSR count). The van der Waals surface area contributed by atoms with E-state index < -0.39 is 0 Å².